The summed E-state index contributed by atoms with van der Waals surface area (Å²) in [5.41, 5.74) is -1.56. The number of urea groups is 1. The molecule has 3 aromatic rings. The van der Waals surface area contributed by atoms with Gasteiger partial charge >= 0.3 is 18.4 Å². The number of para-hydroxylation sites is 1. The van der Waals surface area contributed by atoms with E-state index < -0.39 is 35.2 Å². The predicted molar refractivity (Wildman–Crippen MR) is 133 cm³/mol. The first-order valence-corrected chi connectivity index (χ1v) is 11.9. The minimum atomic E-state index is -5.01. The molecule has 0 saturated carbocycles. The fraction of sp³-hybridized carbons (Fsp3) is 0.296. The number of alkyl halides is 6. The van der Waals surface area contributed by atoms with Crippen molar-refractivity contribution in [2.24, 2.45) is 0 Å². The van der Waals surface area contributed by atoms with Crippen LogP contribution in [-0.2, 0) is 12.4 Å². The minimum Gasteiger partial charge on any atom is -0.369 e. The Labute approximate surface area is 216 Å². The average molecular weight is 537 g/mol. The Bertz CT molecular complexity index is 1180. The van der Waals surface area contributed by atoms with Gasteiger partial charge in [-0.05, 0) is 35.9 Å². The van der Waals surface area contributed by atoms with Crippen molar-refractivity contribution in [1.82, 2.24) is 10.2 Å². The Morgan fingerprint density at radius 3 is 1.82 bits per heavy atom. The van der Waals surface area contributed by atoms with Gasteiger partial charge in [-0.1, -0.05) is 48.5 Å². The number of nitrogens with zero attached hydrogens (tertiary/aromatic N) is 2. The van der Waals surface area contributed by atoms with Crippen LogP contribution in [-0.4, -0.2) is 43.7 Å². The molecule has 0 radical (unpaired) electrons. The van der Waals surface area contributed by atoms with Crippen molar-refractivity contribution in [1.29, 1.82) is 0 Å². The molecule has 0 spiro atoms. The second-order valence-corrected chi connectivity index (χ2v) is 8.91. The molecule has 1 saturated heterocycles. The van der Waals surface area contributed by atoms with Crippen LogP contribution in [0.4, 0.5) is 42.5 Å². The minimum absolute atomic E-state index is 0.0175. The van der Waals surface area contributed by atoms with Crippen molar-refractivity contribution >= 4 is 17.4 Å². The Morgan fingerprint density at radius 1 is 0.763 bits per heavy atom. The first-order chi connectivity index (χ1) is 18.0. The maximum atomic E-state index is 13.2. The summed E-state index contributed by atoms with van der Waals surface area (Å²) in [6.07, 6.45) is -10.0. The van der Waals surface area contributed by atoms with Crippen LogP contribution in [0, 0.1) is 0 Å². The third kappa shape index (κ3) is 6.97. The van der Waals surface area contributed by atoms with E-state index >= 15 is 0 Å². The molecule has 2 amide bonds. The van der Waals surface area contributed by atoms with E-state index in [4.69, 9.17) is 0 Å². The van der Waals surface area contributed by atoms with E-state index in [1.54, 1.807) is 0 Å². The smallest absolute Gasteiger partial charge is 0.369 e. The van der Waals surface area contributed by atoms with Crippen molar-refractivity contribution in [2.75, 3.05) is 42.9 Å². The zero-order chi connectivity index (χ0) is 27.3. The highest BCUT2D eigenvalue weighted by Crippen LogP contribution is 2.37. The highest BCUT2D eigenvalue weighted by atomic mass is 19.4. The summed E-state index contributed by atoms with van der Waals surface area (Å²) in [5, 5.41) is 4.75. The van der Waals surface area contributed by atoms with Gasteiger partial charge in [-0.25, -0.2) is 4.79 Å². The van der Waals surface area contributed by atoms with E-state index in [0.717, 1.165) is 24.3 Å². The molecule has 3 aromatic carbocycles. The van der Waals surface area contributed by atoms with Crippen LogP contribution in [0.25, 0.3) is 0 Å². The number of amides is 2. The lowest BCUT2D eigenvalue weighted by molar-refractivity contribution is -0.143. The first-order valence-electron chi connectivity index (χ1n) is 11.9. The molecule has 1 aliphatic rings. The SMILES string of the molecule is O=C(NCC(c1ccccc1)N1CCN(c2ccccc2)CC1)Nc1cc(C(F)(F)F)cc(C(F)(F)F)c1. The fourth-order valence-corrected chi connectivity index (χ4v) is 4.46. The lowest BCUT2D eigenvalue weighted by atomic mass is 10.0. The number of carbonyl (C=O) groups is 1. The normalized spacial score (nSPS) is 15.7. The van der Waals surface area contributed by atoms with Gasteiger partial charge in [0.15, 0.2) is 0 Å². The molecule has 1 atom stereocenters. The van der Waals surface area contributed by atoms with Crippen LogP contribution in [0.3, 0.4) is 0 Å². The molecule has 0 aromatic heterocycles. The molecule has 202 valence electrons. The van der Waals surface area contributed by atoms with E-state index in [1.807, 2.05) is 60.7 Å². The van der Waals surface area contributed by atoms with Gasteiger partial charge in [0.2, 0.25) is 0 Å². The van der Waals surface area contributed by atoms with E-state index in [-0.39, 0.29) is 18.7 Å². The number of anilines is 2. The summed E-state index contributed by atoms with van der Waals surface area (Å²) in [6.45, 7) is 3.00. The lowest BCUT2D eigenvalue weighted by Gasteiger charge is -2.40. The van der Waals surface area contributed by atoms with Crippen molar-refractivity contribution < 1.29 is 31.1 Å². The number of halogens is 6. The van der Waals surface area contributed by atoms with Crippen LogP contribution < -0.4 is 15.5 Å². The number of benzene rings is 3. The molecule has 11 heteroatoms. The quantitative estimate of drug-likeness (QED) is 0.358. The number of nitrogens with one attached hydrogen (secondary N) is 2. The van der Waals surface area contributed by atoms with Gasteiger partial charge in [0.25, 0.3) is 0 Å². The van der Waals surface area contributed by atoms with Crippen molar-refractivity contribution in [3.63, 3.8) is 0 Å². The molecule has 0 aliphatic carbocycles. The average Bonchev–Trinajstić information content (AvgIpc) is 2.89. The highest BCUT2D eigenvalue weighted by Gasteiger charge is 2.37. The number of carbonyl (C=O) groups excluding carboxylic acids is 1. The number of rotatable bonds is 6. The van der Waals surface area contributed by atoms with Crippen molar-refractivity contribution in [3.05, 3.63) is 95.6 Å². The second-order valence-electron chi connectivity index (χ2n) is 8.91. The summed E-state index contributed by atoms with van der Waals surface area (Å²) in [4.78, 5) is 17.0. The zero-order valence-corrected chi connectivity index (χ0v) is 20.2. The summed E-state index contributed by atoms with van der Waals surface area (Å²) in [6, 6.07) is 19.2. The van der Waals surface area contributed by atoms with Gasteiger partial charge in [-0.15, -0.1) is 0 Å². The van der Waals surface area contributed by atoms with E-state index in [0.29, 0.717) is 25.2 Å². The lowest BCUT2D eigenvalue weighted by Crippen LogP contribution is -2.50. The fourth-order valence-electron chi connectivity index (χ4n) is 4.46. The predicted octanol–water partition coefficient (Wildman–Crippen LogP) is 6.41. The highest BCUT2D eigenvalue weighted by molar-refractivity contribution is 5.89. The van der Waals surface area contributed by atoms with Crippen LogP contribution in [0.5, 0.6) is 0 Å². The summed E-state index contributed by atoms with van der Waals surface area (Å²) in [5.74, 6) is 0. The monoisotopic (exact) mass is 536 g/mol. The standard InChI is InChI=1S/C27H26F6N4O/c28-26(29,30)20-15-21(27(31,32)33)17-22(16-20)35-25(38)34-18-24(19-7-3-1-4-8-19)37-13-11-36(12-14-37)23-9-5-2-6-10-23/h1-10,15-17,24H,11-14,18H2,(H2,34,35,38). The molecule has 2 N–H and O–H groups in total. The third-order valence-corrected chi connectivity index (χ3v) is 6.36. The molecular formula is C27H26F6N4O. The molecule has 0 bridgehead atoms. The summed E-state index contributed by atoms with van der Waals surface area (Å²) < 4.78 is 78.9. The van der Waals surface area contributed by atoms with Gasteiger partial charge in [-0.2, -0.15) is 26.3 Å². The Balaban J connectivity index is 1.45. The molecule has 1 unspecified atom stereocenters. The van der Waals surface area contributed by atoms with Gasteiger partial charge in [0.05, 0.1) is 17.2 Å². The van der Waals surface area contributed by atoms with Crippen LogP contribution >= 0.6 is 0 Å². The molecule has 1 fully saturated rings. The van der Waals surface area contributed by atoms with Gasteiger partial charge < -0.3 is 15.5 Å². The maximum Gasteiger partial charge on any atom is 0.416 e. The number of hydrogen-bond acceptors (Lipinski definition) is 3. The molecule has 1 aliphatic heterocycles. The number of hydrogen-bond donors (Lipinski definition) is 2. The van der Waals surface area contributed by atoms with Gasteiger partial charge in [0, 0.05) is 44.1 Å². The molecule has 4 rings (SSSR count). The zero-order valence-electron chi connectivity index (χ0n) is 20.2. The van der Waals surface area contributed by atoms with Crippen molar-refractivity contribution in [2.45, 2.75) is 18.4 Å². The van der Waals surface area contributed by atoms with E-state index in [2.05, 4.69) is 20.4 Å². The summed E-state index contributed by atoms with van der Waals surface area (Å²) >= 11 is 0. The first kappa shape index (κ1) is 27.3. The molecular weight excluding hydrogens is 510 g/mol. The maximum absolute atomic E-state index is 13.2. The second kappa shape index (κ2) is 11.3. The van der Waals surface area contributed by atoms with Crippen molar-refractivity contribution in [3.8, 4) is 0 Å². The Kier molecular flexibility index (Phi) is 8.15. The molecule has 5 nitrogen and oxygen atoms in total. The topological polar surface area (TPSA) is 47.6 Å². The van der Waals surface area contributed by atoms with E-state index in [9.17, 15) is 31.1 Å². The largest absolute Gasteiger partial charge is 0.416 e. The molecule has 1 heterocycles. The van der Waals surface area contributed by atoms with Gasteiger partial charge in [0.1, 0.15) is 0 Å². The Hall–Kier alpha value is -3.73. The molecule has 38 heavy (non-hydrogen) atoms. The van der Waals surface area contributed by atoms with Crippen LogP contribution in [0.2, 0.25) is 0 Å². The van der Waals surface area contributed by atoms with Crippen LogP contribution in [0.1, 0.15) is 22.7 Å². The van der Waals surface area contributed by atoms with Crippen LogP contribution in [0.15, 0.2) is 78.9 Å². The van der Waals surface area contributed by atoms with E-state index in [1.165, 1.54) is 0 Å². The third-order valence-electron chi connectivity index (χ3n) is 6.36. The summed E-state index contributed by atoms with van der Waals surface area (Å²) in [7, 11) is 0. The van der Waals surface area contributed by atoms with Gasteiger partial charge in [-0.3, -0.25) is 4.90 Å². The Morgan fingerprint density at radius 2 is 1.29 bits per heavy atom. The number of piperazine rings is 1.